The molecule has 0 amide bonds. The lowest BCUT2D eigenvalue weighted by Gasteiger charge is -2.13. The monoisotopic (exact) mass is 297 g/mol. The van der Waals surface area contributed by atoms with Gasteiger partial charge in [0.1, 0.15) is 0 Å². The molecule has 0 saturated carbocycles. The number of alkyl halides is 3. The minimum Gasteiger partial charge on any atom is -0.464 e. The quantitative estimate of drug-likeness (QED) is 0.427. The van der Waals surface area contributed by atoms with Crippen LogP contribution < -0.4 is 11.1 Å². The number of hydrogen-bond acceptors (Lipinski definition) is 6. The third-order valence-electron chi connectivity index (χ3n) is 1.75. The Balaban J connectivity index is 3.00. The second-order valence-electron chi connectivity index (χ2n) is 3.19. The minimum absolute atomic E-state index is 0.0276. The average molecular weight is 297 g/mol. The average Bonchev–Trinajstić information content (AvgIpc) is 2.74. The molecule has 1 atom stereocenters. The van der Waals surface area contributed by atoms with Gasteiger partial charge >= 0.3 is 12.1 Å². The van der Waals surface area contributed by atoms with E-state index in [1.807, 2.05) is 0 Å². The van der Waals surface area contributed by atoms with Crippen molar-refractivity contribution in [2.75, 3.05) is 6.61 Å². The van der Waals surface area contributed by atoms with Gasteiger partial charge in [0, 0.05) is 0 Å². The second kappa shape index (κ2) is 5.82. The van der Waals surface area contributed by atoms with E-state index in [9.17, 15) is 18.0 Å². The fourth-order valence-electron chi connectivity index (χ4n) is 1.07. The standard InChI is InChI=1S/C8H10F3N5O2S/c1-2-18-5(17)3(14-7(12)13)4-15-16-6(19-4)8(9,10)11/h3H,2H2,1H3,(H4,12,13,14). The molecule has 11 heteroatoms. The zero-order valence-corrected chi connectivity index (χ0v) is 10.4. The maximum absolute atomic E-state index is 12.4. The van der Waals surface area contributed by atoms with E-state index in [0.717, 1.165) is 0 Å². The lowest BCUT2D eigenvalue weighted by molar-refractivity contribution is -0.145. The molecule has 0 aliphatic heterocycles. The van der Waals surface area contributed by atoms with Crippen molar-refractivity contribution in [1.82, 2.24) is 15.5 Å². The molecule has 19 heavy (non-hydrogen) atoms. The van der Waals surface area contributed by atoms with Crippen LogP contribution in [0.2, 0.25) is 0 Å². The van der Waals surface area contributed by atoms with Gasteiger partial charge in [-0.1, -0.05) is 11.3 Å². The summed E-state index contributed by atoms with van der Waals surface area (Å²) in [6.45, 7) is 1.56. The van der Waals surface area contributed by atoms with E-state index < -0.39 is 29.2 Å². The summed E-state index contributed by atoms with van der Waals surface area (Å²) < 4.78 is 41.8. The summed E-state index contributed by atoms with van der Waals surface area (Å²) in [5, 5.41) is 13.9. The Morgan fingerprint density at radius 3 is 2.63 bits per heavy atom. The van der Waals surface area contributed by atoms with E-state index >= 15 is 0 Å². The van der Waals surface area contributed by atoms with Crippen molar-refractivity contribution in [2.24, 2.45) is 5.73 Å². The van der Waals surface area contributed by atoms with Gasteiger partial charge in [-0.05, 0) is 6.92 Å². The molecule has 1 rings (SSSR count). The number of nitrogens with one attached hydrogen (secondary N) is 2. The van der Waals surface area contributed by atoms with Crippen molar-refractivity contribution in [3.8, 4) is 0 Å². The summed E-state index contributed by atoms with van der Waals surface area (Å²) in [7, 11) is 0. The highest BCUT2D eigenvalue weighted by molar-refractivity contribution is 7.11. The van der Waals surface area contributed by atoms with Gasteiger partial charge in [-0.3, -0.25) is 5.41 Å². The molecule has 0 aromatic carbocycles. The molecule has 0 saturated heterocycles. The van der Waals surface area contributed by atoms with Crippen LogP contribution in [0, 0.1) is 5.41 Å². The minimum atomic E-state index is -4.65. The van der Waals surface area contributed by atoms with E-state index in [4.69, 9.17) is 11.1 Å². The zero-order chi connectivity index (χ0) is 14.6. The van der Waals surface area contributed by atoms with E-state index in [0.29, 0.717) is 0 Å². The van der Waals surface area contributed by atoms with Crippen molar-refractivity contribution in [3.05, 3.63) is 10.0 Å². The van der Waals surface area contributed by atoms with Crippen molar-refractivity contribution in [2.45, 2.75) is 19.1 Å². The summed E-state index contributed by atoms with van der Waals surface area (Å²) in [5.74, 6) is -1.48. The summed E-state index contributed by atoms with van der Waals surface area (Å²) in [6, 6.07) is -1.38. The van der Waals surface area contributed by atoms with Crippen molar-refractivity contribution in [1.29, 1.82) is 5.41 Å². The Morgan fingerprint density at radius 2 is 2.21 bits per heavy atom. The number of rotatable bonds is 4. The molecule has 1 heterocycles. The number of carbonyl (C=O) groups is 1. The van der Waals surface area contributed by atoms with Gasteiger partial charge in [0.15, 0.2) is 17.0 Å². The highest BCUT2D eigenvalue weighted by Crippen LogP contribution is 2.33. The molecule has 0 bridgehead atoms. The fourth-order valence-corrected chi connectivity index (χ4v) is 1.82. The molecule has 1 aromatic rings. The number of aromatic nitrogens is 2. The molecule has 106 valence electrons. The Kier molecular flexibility index (Phi) is 4.64. The lowest BCUT2D eigenvalue weighted by Crippen LogP contribution is -2.38. The molecule has 0 radical (unpaired) electrons. The van der Waals surface area contributed by atoms with Gasteiger partial charge < -0.3 is 15.8 Å². The van der Waals surface area contributed by atoms with Gasteiger partial charge in [-0.25, -0.2) is 4.79 Å². The van der Waals surface area contributed by atoms with Crippen LogP contribution in [0.1, 0.15) is 23.0 Å². The number of ether oxygens (including phenoxy) is 1. The van der Waals surface area contributed by atoms with E-state index in [-0.39, 0.29) is 23.0 Å². The summed E-state index contributed by atoms with van der Waals surface area (Å²) in [4.78, 5) is 11.6. The number of esters is 1. The first-order valence-corrected chi connectivity index (χ1v) is 5.75. The lowest BCUT2D eigenvalue weighted by atomic mass is 10.3. The Bertz CT molecular complexity index is 475. The van der Waals surface area contributed by atoms with Crippen LogP contribution in [-0.2, 0) is 15.7 Å². The van der Waals surface area contributed by atoms with Crippen molar-refractivity contribution < 1.29 is 22.7 Å². The van der Waals surface area contributed by atoms with Gasteiger partial charge in [-0.2, -0.15) is 13.2 Å². The summed E-state index contributed by atoms with van der Waals surface area (Å²) >= 11 is 0.181. The van der Waals surface area contributed by atoms with Gasteiger partial charge in [0.2, 0.25) is 5.01 Å². The second-order valence-corrected chi connectivity index (χ2v) is 4.20. The molecule has 4 N–H and O–H groups in total. The van der Waals surface area contributed by atoms with Crippen LogP contribution in [-0.4, -0.2) is 28.7 Å². The topological polar surface area (TPSA) is 114 Å². The number of carbonyl (C=O) groups excluding carboxylic acids is 1. The number of guanidine groups is 1. The molecular formula is C8H10F3N5O2S. The van der Waals surface area contributed by atoms with Crippen LogP contribution in [0.25, 0.3) is 0 Å². The highest BCUT2D eigenvalue weighted by Gasteiger charge is 2.37. The molecule has 7 nitrogen and oxygen atoms in total. The Hall–Kier alpha value is -1.91. The molecule has 0 fully saturated rings. The summed E-state index contributed by atoms with van der Waals surface area (Å²) in [6.07, 6.45) is -4.65. The largest absolute Gasteiger partial charge is 0.464 e. The van der Waals surface area contributed by atoms with Gasteiger partial charge in [-0.15, -0.1) is 10.2 Å². The first kappa shape index (κ1) is 15.1. The number of halogens is 3. The molecule has 1 unspecified atom stereocenters. The molecular weight excluding hydrogens is 287 g/mol. The van der Waals surface area contributed by atoms with E-state index in [2.05, 4.69) is 20.3 Å². The predicted molar refractivity (Wildman–Crippen MR) is 59.3 cm³/mol. The SMILES string of the molecule is CCOC(=O)C(NC(=N)N)c1nnc(C(F)(F)F)s1. The Morgan fingerprint density at radius 1 is 1.58 bits per heavy atom. The molecule has 0 aliphatic rings. The first-order valence-electron chi connectivity index (χ1n) is 4.93. The van der Waals surface area contributed by atoms with Crippen molar-refractivity contribution in [3.63, 3.8) is 0 Å². The Labute approximate surface area is 109 Å². The van der Waals surface area contributed by atoms with Crippen molar-refractivity contribution >= 4 is 23.3 Å². The predicted octanol–water partition coefficient (Wildman–Crippen LogP) is 0.644. The molecule has 0 aliphatic carbocycles. The van der Waals surface area contributed by atoms with Crippen LogP contribution in [0.15, 0.2) is 0 Å². The normalized spacial score (nSPS) is 12.8. The maximum Gasteiger partial charge on any atom is 0.445 e. The highest BCUT2D eigenvalue weighted by atomic mass is 32.1. The van der Waals surface area contributed by atoms with Crippen LogP contribution in [0.5, 0.6) is 0 Å². The number of hydrogen-bond donors (Lipinski definition) is 3. The fraction of sp³-hybridized carbons (Fsp3) is 0.500. The third kappa shape index (κ3) is 4.05. The van der Waals surface area contributed by atoms with Crippen LogP contribution in [0.3, 0.4) is 0 Å². The third-order valence-corrected chi connectivity index (χ3v) is 2.79. The van der Waals surface area contributed by atoms with Gasteiger partial charge in [0.25, 0.3) is 0 Å². The van der Waals surface area contributed by atoms with Gasteiger partial charge in [0.05, 0.1) is 6.61 Å². The number of nitrogens with two attached hydrogens (primary N) is 1. The summed E-state index contributed by atoms with van der Waals surface area (Å²) in [5.41, 5.74) is 5.06. The maximum atomic E-state index is 12.4. The van der Waals surface area contributed by atoms with E-state index in [1.165, 1.54) is 6.92 Å². The first-order chi connectivity index (χ1) is 8.75. The smallest absolute Gasteiger partial charge is 0.445 e. The van der Waals surface area contributed by atoms with E-state index in [1.54, 1.807) is 0 Å². The molecule has 1 aromatic heterocycles. The molecule has 0 spiro atoms. The number of nitrogens with zero attached hydrogens (tertiary/aromatic N) is 2. The zero-order valence-electron chi connectivity index (χ0n) is 9.61. The van der Waals surface area contributed by atoms with Crippen LogP contribution in [0.4, 0.5) is 13.2 Å². The van der Waals surface area contributed by atoms with Crippen LogP contribution >= 0.6 is 11.3 Å².